The van der Waals surface area contributed by atoms with Gasteiger partial charge in [-0.05, 0) is 40.2 Å². The molecule has 0 aliphatic heterocycles. The van der Waals surface area contributed by atoms with E-state index in [0.717, 1.165) is 15.4 Å². The summed E-state index contributed by atoms with van der Waals surface area (Å²) in [7, 11) is 0. The SMILES string of the molecule is O=C(Cn1cc(Br)c2ccccc21)c1cc(Cl)ccc1Cl. The van der Waals surface area contributed by atoms with Crippen molar-refractivity contribution in [1.82, 2.24) is 4.57 Å². The van der Waals surface area contributed by atoms with Crippen LogP contribution in [0.5, 0.6) is 0 Å². The molecule has 106 valence electrons. The standard InChI is InChI=1S/C16H10BrCl2NO/c17-13-8-20(15-4-2-1-3-11(13)15)9-16(21)12-7-10(18)5-6-14(12)19/h1-8H,9H2. The topological polar surface area (TPSA) is 22.0 Å². The second-order valence-corrected chi connectivity index (χ2v) is 6.37. The molecule has 2 aromatic carbocycles. The molecule has 1 heterocycles. The van der Waals surface area contributed by atoms with Crippen molar-refractivity contribution in [2.75, 3.05) is 0 Å². The van der Waals surface area contributed by atoms with Gasteiger partial charge in [0.2, 0.25) is 0 Å². The van der Waals surface area contributed by atoms with Crippen LogP contribution in [0, 0.1) is 0 Å². The third-order valence-corrected chi connectivity index (χ3v) is 4.48. The number of carbonyl (C=O) groups excluding carboxylic acids is 1. The smallest absolute Gasteiger partial charge is 0.184 e. The average molecular weight is 383 g/mol. The number of hydrogen-bond acceptors (Lipinski definition) is 1. The highest BCUT2D eigenvalue weighted by Crippen LogP contribution is 2.27. The minimum Gasteiger partial charge on any atom is -0.338 e. The van der Waals surface area contributed by atoms with Crippen molar-refractivity contribution in [1.29, 1.82) is 0 Å². The molecule has 21 heavy (non-hydrogen) atoms. The molecule has 3 rings (SSSR count). The Balaban J connectivity index is 1.99. The van der Waals surface area contributed by atoms with Crippen LogP contribution in [0.2, 0.25) is 10.0 Å². The number of Topliss-reactive ketones (excluding diaryl/α,β-unsaturated/α-hetero) is 1. The zero-order valence-corrected chi connectivity index (χ0v) is 13.9. The molecule has 0 atom stereocenters. The first-order valence-corrected chi connectivity index (χ1v) is 7.83. The van der Waals surface area contributed by atoms with Crippen LogP contribution in [0.15, 0.2) is 53.1 Å². The van der Waals surface area contributed by atoms with Gasteiger partial charge in [-0.2, -0.15) is 0 Å². The number of benzene rings is 2. The van der Waals surface area contributed by atoms with E-state index < -0.39 is 0 Å². The molecular weight excluding hydrogens is 373 g/mol. The molecule has 3 aromatic rings. The number of nitrogens with zero attached hydrogens (tertiary/aromatic N) is 1. The number of para-hydroxylation sites is 1. The fourth-order valence-corrected chi connectivity index (χ4v) is 3.26. The maximum atomic E-state index is 12.5. The van der Waals surface area contributed by atoms with Gasteiger partial charge < -0.3 is 4.57 Å². The quantitative estimate of drug-likeness (QED) is 0.541. The number of aromatic nitrogens is 1. The van der Waals surface area contributed by atoms with Crippen LogP contribution < -0.4 is 0 Å². The van der Waals surface area contributed by atoms with Crippen molar-refractivity contribution in [3.05, 3.63) is 68.7 Å². The highest BCUT2D eigenvalue weighted by molar-refractivity contribution is 9.10. The van der Waals surface area contributed by atoms with Crippen LogP contribution in [0.3, 0.4) is 0 Å². The van der Waals surface area contributed by atoms with Crippen molar-refractivity contribution in [2.45, 2.75) is 6.54 Å². The molecule has 0 aliphatic rings. The lowest BCUT2D eigenvalue weighted by Crippen LogP contribution is -2.10. The second-order valence-electron chi connectivity index (χ2n) is 4.67. The number of carbonyl (C=O) groups is 1. The van der Waals surface area contributed by atoms with Crippen LogP contribution in [0.1, 0.15) is 10.4 Å². The van der Waals surface area contributed by atoms with Crippen molar-refractivity contribution in [3.63, 3.8) is 0 Å². The van der Waals surface area contributed by atoms with Crippen LogP contribution >= 0.6 is 39.1 Å². The fourth-order valence-electron chi connectivity index (χ4n) is 2.28. The zero-order valence-electron chi connectivity index (χ0n) is 10.8. The summed E-state index contributed by atoms with van der Waals surface area (Å²) < 4.78 is 2.86. The summed E-state index contributed by atoms with van der Waals surface area (Å²) in [5.74, 6) is -0.0734. The van der Waals surface area contributed by atoms with Crippen molar-refractivity contribution < 1.29 is 4.79 Å². The molecule has 0 fully saturated rings. The van der Waals surface area contributed by atoms with Crippen molar-refractivity contribution in [2.24, 2.45) is 0 Å². The minimum absolute atomic E-state index is 0.0734. The Morgan fingerprint density at radius 3 is 2.71 bits per heavy atom. The van der Waals surface area contributed by atoms with E-state index in [4.69, 9.17) is 23.2 Å². The van der Waals surface area contributed by atoms with E-state index >= 15 is 0 Å². The Kier molecular flexibility index (Phi) is 4.07. The third kappa shape index (κ3) is 2.86. The summed E-state index contributed by atoms with van der Waals surface area (Å²) in [6.45, 7) is 0.214. The first kappa shape index (κ1) is 14.6. The molecule has 0 saturated heterocycles. The van der Waals surface area contributed by atoms with Gasteiger partial charge in [0.05, 0.1) is 11.6 Å². The monoisotopic (exact) mass is 381 g/mol. The van der Waals surface area contributed by atoms with Gasteiger partial charge in [-0.25, -0.2) is 0 Å². The van der Waals surface area contributed by atoms with E-state index in [1.807, 2.05) is 35.0 Å². The predicted molar refractivity (Wildman–Crippen MR) is 90.4 cm³/mol. The molecular formula is C16H10BrCl2NO. The summed E-state index contributed by atoms with van der Waals surface area (Å²) in [5.41, 5.74) is 1.44. The van der Waals surface area contributed by atoms with Crippen LogP contribution in [0.25, 0.3) is 10.9 Å². The number of fused-ring (bicyclic) bond motifs is 1. The van der Waals surface area contributed by atoms with Gasteiger partial charge in [-0.1, -0.05) is 41.4 Å². The molecule has 0 unspecified atom stereocenters. The van der Waals surface area contributed by atoms with E-state index in [2.05, 4.69) is 15.9 Å². The minimum atomic E-state index is -0.0734. The van der Waals surface area contributed by atoms with Crippen molar-refractivity contribution in [3.8, 4) is 0 Å². The van der Waals surface area contributed by atoms with E-state index in [9.17, 15) is 4.79 Å². The molecule has 2 nitrogen and oxygen atoms in total. The Hall–Kier alpha value is -1.29. The Bertz CT molecular complexity index is 841. The Morgan fingerprint density at radius 1 is 1.14 bits per heavy atom. The summed E-state index contributed by atoms with van der Waals surface area (Å²) in [5, 5.41) is 1.99. The van der Waals surface area contributed by atoms with Crippen molar-refractivity contribution >= 4 is 55.8 Å². The Morgan fingerprint density at radius 2 is 1.90 bits per heavy atom. The maximum Gasteiger partial charge on any atom is 0.184 e. The van der Waals surface area contributed by atoms with E-state index in [1.165, 1.54) is 0 Å². The largest absolute Gasteiger partial charge is 0.338 e. The highest BCUT2D eigenvalue weighted by atomic mass is 79.9. The second kappa shape index (κ2) is 5.84. The average Bonchev–Trinajstić information content (AvgIpc) is 2.78. The number of ketones is 1. The summed E-state index contributed by atoms with van der Waals surface area (Å²) in [6, 6.07) is 12.8. The highest BCUT2D eigenvalue weighted by Gasteiger charge is 2.14. The van der Waals surface area contributed by atoms with Gasteiger partial charge in [-0.3, -0.25) is 4.79 Å². The maximum absolute atomic E-state index is 12.5. The summed E-state index contributed by atoms with van der Waals surface area (Å²) >= 11 is 15.5. The lowest BCUT2D eigenvalue weighted by molar-refractivity contribution is 0.0973. The van der Waals surface area contributed by atoms with Crippen LogP contribution in [-0.4, -0.2) is 10.4 Å². The summed E-state index contributed by atoms with van der Waals surface area (Å²) in [6.07, 6.45) is 1.90. The molecule has 0 bridgehead atoms. The molecule has 0 amide bonds. The first-order valence-electron chi connectivity index (χ1n) is 6.28. The molecule has 0 spiro atoms. The van der Waals surface area contributed by atoms with Gasteiger partial charge in [0.25, 0.3) is 0 Å². The fraction of sp³-hybridized carbons (Fsp3) is 0.0625. The van der Waals surface area contributed by atoms with E-state index in [1.54, 1.807) is 18.2 Å². The van der Waals surface area contributed by atoms with Gasteiger partial charge >= 0.3 is 0 Å². The number of halogens is 3. The lowest BCUT2D eigenvalue weighted by Gasteiger charge is -2.07. The molecule has 0 radical (unpaired) electrons. The van der Waals surface area contributed by atoms with E-state index in [0.29, 0.717) is 15.6 Å². The van der Waals surface area contributed by atoms with Crippen LogP contribution in [0.4, 0.5) is 0 Å². The first-order chi connectivity index (χ1) is 10.1. The molecule has 0 saturated carbocycles. The molecule has 1 aromatic heterocycles. The van der Waals surface area contributed by atoms with Gasteiger partial charge in [-0.15, -0.1) is 0 Å². The van der Waals surface area contributed by atoms with Crippen LogP contribution in [-0.2, 0) is 6.54 Å². The number of hydrogen-bond donors (Lipinski definition) is 0. The lowest BCUT2D eigenvalue weighted by atomic mass is 10.1. The van der Waals surface area contributed by atoms with Gasteiger partial charge in [0.1, 0.15) is 0 Å². The van der Waals surface area contributed by atoms with Gasteiger partial charge in [0, 0.05) is 32.2 Å². The molecule has 0 N–H and O–H groups in total. The normalized spacial score (nSPS) is 11.0. The Labute approximate surface area is 140 Å². The summed E-state index contributed by atoms with van der Waals surface area (Å²) in [4.78, 5) is 12.5. The predicted octanol–water partition coefficient (Wildman–Crippen LogP) is 5.59. The third-order valence-electron chi connectivity index (χ3n) is 3.28. The molecule has 0 aliphatic carbocycles. The van der Waals surface area contributed by atoms with E-state index in [-0.39, 0.29) is 12.3 Å². The number of rotatable bonds is 3. The zero-order chi connectivity index (χ0) is 15.0. The van der Waals surface area contributed by atoms with Gasteiger partial charge in [0.15, 0.2) is 5.78 Å². The molecule has 5 heteroatoms.